The van der Waals surface area contributed by atoms with Crippen molar-refractivity contribution < 1.29 is 47.7 Å². The molecule has 15 heteroatoms. The second-order valence-electron chi connectivity index (χ2n) is 11.9. The van der Waals surface area contributed by atoms with Crippen LogP contribution in [-0.2, 0) is 28.5 Å². The van der Waals surface area contributed by atoms with Gasteiger partial charge < -0.3 is 29.6 Å². The highest BCUT2D eigenvalue weighted by atomic mass is 79.9. The first kappa shape index (κ1) is 45.4. The van der Waals surface area contributed by atoms with Crippen molar-refractivity contribution in [2.45, 2.75) is 64.8 Å². The molecular weight excluding hydrogens is 740 g/mol. The van der Waals surface area contributed by atoms with Crippen molar-refractivity contribution >= 4 is 76.0 Å². The first-order chi connectivity index (χ1) is 22.9. The summed E-state index contributed by atoms with van der Waals surface area (Å²) in [6.45, 7) is 10.4. The van der Waals surface area contributed by atoms with Crippen LogP contribution in [0.5, 0.6) is 0 Å². The number of ether oxygens (including phenoxy) is 4. The molecule has 49 heavy (non-hydrogen) atoms. The monoisotopic (exact) mass is 786 g/mol. The summed E-state index contributed by atoms with van der Waals surface area (Å²) >= 11 is 8.27. The molecule has 0 saturated carbocycles. The van der Waals surface area contributed by atoms with Gasteiger partial charge in [0.1, 0.15) is 23.3 Å². The van der Waals surface area contributed by atoms with Crippen molar-refractivity contribution in [2.75, 3.05) is 36.8 Å². The van der Waals surface area contributed by atoms with Gasteiger partial charge in [0.2, 0.25) is 0 Å². The third-order valence-electron chi connectivity index (χ3n) is 5.37. The lowest BCUT2D eigenvalue weighted by Crippen LogP contribution is -2.45. The molecule has 0 aliphatic rings. The average molecular weight is 788 g/mol. The zero-order valence-electron chi connectivity index (χ0n) is 29.1. The molecule has 0 heterocycles. The molecule has 0 aliphatic heterocycles. The Hall–Kier alpha value is -3.56. The largest absolute Gasteiger partial charge is 0.467 e. The highest BCUT2D eigenvalue weighted by Crippen LogP contribution is 2.12. The Morgan fingerprint density at radius 1 is 0.694 bits per heavy atom. The van der Waals surface area contributed by atoms with Crippen molar-refractivity contribution in [2.24, 2.45) is 0 Å². The number of benzene rings is 2. The predicted molar refractivity (Wildman–Crippen MR) is 197 cm³/mol. The molecule has 0 bridgehead atoms. The van der Waals surface area contributed by atoms with Gasteiger partial charge in [0.25, 0.3) is 0 Å². The van der Waals surface area contributed by atoms with E-state index in [2.05, 4.69) is 48.7 Å². The molecule has 2 aromatic rings. The highest BCUT2D eigenvalue weighted by molar-refractivity contribution is 9.09. The van der Waals surface area contributed by atoms with Crippen LogP contribution in [0, 0.1) is 0 Å². The predicted octanol–water partition coefficient (Wildman–Crippen LogP) is 5.92. The van der Waals surface area contributed by atoms with Crippen LogP contribution in [0.1, 0.15) is 62.3 Å². The Morgan fingerprint density at radius 2 is 1.08 bits per heavy atom. The van der Waals surface area contributed by atoms with Gasteiger partial charge in [0.05, 0.1) is 25.3 Å². The zero-order chi connectivity index (χ0) is 37.6. The number of halogens is 1. The number of alkyl carbamates (subject to hydrolysis) is 2. The van der Waals surface area contributed by atoms with E-state index < -0.39 is 47.4 Å². The number of thioether (sulfide) groups is 1. The van der Waals surface area contributed by atoms with E-state index in [1.54, 1.807) is 65.8 Å². The fourth-order valence-electron chi connectivity index (χ4n) is 3.21. The summed E-state index contributed by atoms with van der Waals surface area (Å²) in [6, 6.07) is 16.5. The number of hydrogen-bond acceptors (Lipinski definition) is 12. The Kier molecular flexibility index (Phi) is 22.0. The van der Waals surface area contributed by atoms with Gasteiger partial charge in [-0.25, -0.2) is 19.2 Å². The van der Waals surface area contributed by atoms with E-state index in [-0.39, 0.29) is 28.8 Å². The smallest absolute Gasteiger partial charge is 0.408 e. The second kappa shape index (κ2) is 23.7. The summed E-state index contributed by atoms with van der Waals surface area (Å²) in [7, 11) is 2.49. The van der Waals surface area contributed by atoms with Crippen molar-refractivity contribution in [3.05, 3.63) is 71.8 Å². The highest BCUT2D eigenvalue weighted by Gasteiger charge is 2.26. The fraction of sp³-hybridized carbons (Fsp3) is 0.471. The molecule has 0 saturated heterocycles. The first-order valence-electron chi connectivity index (χ1n) is 14.9. The molecule has 0 radical (unpaired) electrons. The van der Waals surface area contributed by atoms with Crippen LogP contribution >= 0.6 is 40.3 Å². The Bertz CT molecular complexity index is 1330. The number of methoxy groups -OCH3 is 2. The van der Waals surface area contributed by atoms with Gasteiger partial charge in [-0.05, 0) is 41.5 Å². The normalized spacial score (nSPS) is 11.8. The number of alkyl halides is 1. The minimum absolute atomic E-state index is 0.0403. The van der Waals surface area contributed by atoms with Gasteiger partial charge in [-0.3, -0.25) is 9.59 Å². The van der Waals surface area contributed by atoms with Gasteiger partial charge in [0, 0.05) is 22.6 Å². The average Bonchev–Trinajstić information content (AvgIpc) is 3.05. The van der Waals surface area contributed by atoms with Crippen LogP contribution in [0.3, 0.4) is 0 Å². The maximum Gasteiger partial charge on any atom is 0.408 e. The van der Waals surface area contributed by atoms with E-state index in [0.717, 1.165) is 5.56 Å². The van der Waals surface area contributed by atoms with Crippen molar-refractivity contribution in [1.82, 2.24) is 10.6 Å². The van der Waals surface area contributed by atoms with E-state index in [0.29, 0.717) is 10.9 Å². The Labute approximate surface area is 306 Å². The molecule has 0 fully saturated rings. The van der Waals surface area contributed by atoms with E-state index in [1.165, 1.54) is 26.0 Å². The van der Waals surface area contributed by atoms with E-state index >= 15 is 0 Å². The number of amides is 2. The number of carbonyl (C=O) groups is 6. The molecule has 2 aromatic carbocycles. The Morgan fingerprint density at radius 3 is 1.45 bits per heavy atom. The lowest BCUT2D eigenvalue weighted by molar-refractivity contribution is -0.143. The SMILES string of the molecule is COC(=O)C(CS)NC(=O)OC(C)(C)C.COC(=O)C(CSCC(=O)c1ccccc1)NC(=O)OC(C)(C)C.O=C(CBr)c1ccccc1. The number of nitrogens with one attached hydrogen (secondary N) is 2. The van der Waals surface area contributed by atoms with Gasteiger partial charge in [-0.15, -0.1) is 0 Å². The molecule has 0 aromatic heterocycles. The first-order valence-corrected chi connectivity index (χ1v) is 17.8. The van der Waals surface area contributed by atoms with Crippen LogP contribution in [0.15, 0.2) is 60.7 Å². The van der Waals surface area contributed by atoms with Crippen molar-refractivity contribution in [3.8, 4) is 0 Å². The number of rotatable bonds is 12. The number of hydrogen-bond donors (Lipinski definition) is 3. The number of ketones is 2. The lowest BCUT2D eigenvalue weighted by atomic mass is 10.2. The van der Waals surface area contributed by atoms with Crippen LogP contribution < -0.4 is 10.6 Å². The van der Waals surface area contributed by atoms with Crippen molar-refractivity contribution in [1.29, 1.82) is 0 Å². The number of carbonyl (C=O) groups excluding carboxylic acids is 6. The van der Waals surface area contributed by atoms with Gasteiger partial charge in [-0.1, -0.05) is 76.6 Å². The molecule has 2 unspecified atom stereocenters. The molecule has 0 spiro atoms. The molecule has 12 nitrogen and oxygen atoms in total. The maximum absolute atomic E-state index is 12.0. The molecule has 2 rings (SSSR count). The van der Waals surface area contributed by atoms with Crippen LogP contribution in [0.4, 0.5) is 9.59 Å². The summed E-state index contributed by atoms with van der Waals surface area (Å²) in [4.78, 5) is 68.9. The standard InChI is InChI=1S/C17H23NO5S.C9H17NO4S.C8H7BrO/c1-17(2,3)23-16(21)18-13(15(20)22-4)10-24-11-14(19)12-8-6-5-7-9-12;1-9(2,3)14-8(12)10-6(5-15)7(11)13-4;9-6-8(10)7-4-2-1-3-5-7/h5-9,13H,10-11H2,1-4H3,(H,18,21);6,15H,5H2,1-4H3,(H,10,12);1-5H,6H2. The van der Waals surface area contributed by atoms with Crippen molar-refractivity contribution in [3.63, 3.8) is 0 Å². The van der Waals surface area contributed by atoms with Crippen LogP contribution in [0.25, 0.3) is 0 Å². The summed E-state index contributed by atoms with van der Waals surface area (Å²) < 4.78 is 19.3. The van der Waals surface area contributed by atoms with E-state index in [1.807, 2.05) is 36.4 Å². The molecule has 2 amide bonds. The topological polar surface area (TPSA) is 163 Å². The summed E-state index contributed by atoms with van der Waals surface area (Å²) in [5.74, 6) is -0.470. The fourth-order valence-corrected chi connectivity index (χ4v) is 4.70. The molecular formula is C34H47BrN2O10S2. The number of esters is 2. The zero-order valence-corrected chi connectivity index (χ0v) is 32.4. The molecule has 2 atom stereocenters. The molecule has 2 N–H and O–H groups in total. The summed E-state index contributed by atoms with van der Waals surface area (Å²) in [6.07, 6.45) is -1.36. The van der Waals surface area contributed by atoms with E-state index in [9.17, 15) is 28.8 Å². The second-order valence-corrected chi connectivity index (χ2v) is 13.8. The molecule has 0 aliphatic carbocycles. The van der Waals surface area contributed by atoms with Gasteiger partial charge in [0.15, 0.2) is 11.6 Å². The van der Waals surface area contributed by atoms with Gasteiger partial charge >= 0.3 is 24.1 Å². The summed E-state index contributed by atoms with van der Waals surface area (Å²) in [5, 5.41) is 5.23. The molecule has 272 valence electrons. The van der Waals surface area contributed by atoms with Crippen LogP contribution in [-0.4, -0.2) is 95.8 Å². The number of thiol groups is 1. The van der Waals surface area contributed by atoms with Gasteiger partial charge in [-0.2, -0.15) is 24.4 Å². The Balaban J connectivity index is 0.000000782. The number of Topliss-reactive ketones (excluding diaryl/α,β-unsaturated/α-hetero) is 2. The summed E-state index contributed by atoms with van der Waals surface area (Å²) in [5.41, 5.74) is 0.113. The minimum Gasteiger partial charge on any atom is -0.467 e. The van der Waals surface area contributed by atoms with E-state index in [4.69, 9.17) is 9.47 Å². The van der Waals surface area contributed by atoms with Crippen LogP contribution in [0.2, 0.25) is 0 Å². The third-order valence-corrected chi connectivity index (χ3v) is 7.28. The maximum atomic E-state index is 12.0. The lowest BCUT2D eigenvalue weighted by Gasteiger charge is -2.22. The third kappa shape index (κ3) is 21.9. The quantitative estimate of drug-likeness (QED) is 0.0770. The minimum atomic E-state index is -0.876.